The van der Waals surface area contributed by atoms with Gasteiger partial charge in [0.1, 0.15) is 5.69 Å². The Labute approximate surface area is 99.7 Å². The van der Waals surface area contributed by atoms with E-state index in [1.54, 1.807) is 4.90 Å². The van der Waals surface area contributed by atoms with Crippen LogP contribution in [-0.2, 0) is 0 Å². The molecule has 4 nitrogen and oxygen atoms in total. The van der Waals surface area contributed by atoms with Crippen molar-refractivity contribution in [2.24, 2.45) is 0 Å². The zero-order valence-corrected chi connectivity index (χ0v) is 10.5. The minimum absolute atomic E-state index is 0.0260. The molecule has 1 aromatic heterocycles. The van der Waals surface area contributed by atoms with Crippen molar-refractivity contribution >= 4 is 17.2 Å². The van der Waals surface area contributed by atoms with Crippen molar-refractivity contribution < 1.29 is 4.79 Å². The summed E-state index contributed by atoms with van der Waals surface area (Å²) in [6.45, 7) is 3.76. The molecule has 5 heteroatoms. The van der Waals surface area contributed by atoms with E-state index in [1.807, 2.05) is 19.4 Å². The molecule has 0 bridgehead atoms. The molecule has 1 aromatic rings. The average molecular weight is 239 g/mol. The van der Waals surface area contributed by atoms with Gasteiger partial charge in [-0.25, -0.2) is 4.98 Å². The lowest BCUT2D eigenvalue weighted by Gasteiger charge is -2.20. The first-order valence-electron chi connectivity index (χ1n) is 5.58. The molecule has 1 N–H and O–H groups in total. The van der Waals surface area contributed by atoms with Crippen molar-refractivity contribution in [2.45, 2.75) is 25.8 Å². The third-order valence-corrected chi connectivity index (χ3v) is 3.61. The Balaban J connectivity index is 1.93. The molecule has 0 aromatic carbocycles. The molecule has 1 unspecified atom stereocenters. The fraction of sp³-hybridized carbons (Fsp3) is 0.636. The van der Waals surface area contributed by atoms with Gasteiger partial charge in [-0.15, -0.1) is 11.3 Å². The smallest absolute Gasteiger partial charge is 0.273 e. The second kappa shape index (κ2) is 4.93. The number of aryl methyl sites for hydroxylation is 1. The van der Waals surface area contributed by atoms with Crippen LogP contribution in [0.3, 0.4) is 0 Å². The maximum absolute atomic E-state index is 12.0. The number of rotatable bonds is 3. The molecule has 1 saturated heterocycles. The quantitative estimate of drug-likeness (QED) is 0.864. The Morgan fingerprint density at radius 2 is 2.56 bits per heavy atom. The van der Waals surface area contributed by atoms with Crippen molar-refractivity contribution in [1.29, 1.82) is 0 Å². The molecule has 1 amide bonds. The molecule has 16 heavy (non-hydrogen) atoms. The van der Waals surface area contributed by atoms with Gasteiger partial charge < -0.3 is 10.2 Å². The summed E-state index contributed by atoms with van der Waals surface area (Å²) in [6.07, 6.45) is 2.37. The number of hydrogen-bond donors (Lipinski definition) is 1. The summed E-state index contributed by atoms with van der Waals surface area (Å²) < 4.78 is 0. The molecule has 2 heterocycles. The van der Waals surface area contributed by atoms with E-state index in [2.05, 4.69) is 10.3 Å². The average Bonchev–Trinajstić information content (AvgIpc) is 2.88. The van der Waals surface area contributed by atoms with Crippen LogP contribution in [0.4, 0.5) is 0 Å². The molecule has 0 radical (unpaired) electrons. The minimum atomic E-state index is 0.0260. The number of thiazole rings is 1. The SMILES string of the molecule is Cc1nc(C(=O)N(C)CC2CCCN2)cs1. The van der Waals surface area contributed by atoms with Crippen LogP contribution in [0.25, 0.3) is 0 Å². The van der Waals surface area contributed by atoms with Gasteiger partial charge in [-0.1, -0.05) is 0 Å². The van der Waals surface area contributed by atoms with Gasteiger partial charge in [0.2, 0.25) is 0 Å². The Bertz CT molecular complexity index is 371. The van der Waals surface area contributed by atoms with Gasteiger partial charge in [0, 0.05) is 25.0 Å². The standard InChI is InChI=1S/C11H17N3OS/c1-8-13-10(7-16-8)11(15)14(2)6-9-4-3-5-12-9/h7,9,12H,3-6H2,1-2H3. The Hall–Kier alpha value is -0.940. The first-order valence-corrected chi connectivity index (χ1v) is 6.46. The van der Waals surface area contributed by atoms with Gasteiger partial charge in [0.05, 0.1) is 5.01 Å². The van der Waals surface area contributed by atoms with E-state index in [0.717, 1.165) is 24.5 Å². The number of likely N-dealkylation sites (N-methyl/N-ethyl adjacent to an activating group) is 1. The third kappa shape index (κ3) is 2.59. The van der Waals surface area contributed by atoms with E-state index in [-0.39, 0.29) is 5.91 Å². The lowest BCUT2D eigenvalue weighted by molar-refractivity contribution is 0.0778. The molecule has 2 rings (SSSR count). The van der Waals surface area contributed by atoms with E-state index in [9.17, 15) is 4.79 Å². The largest absolute Gasteiger partial charge is 0.339 e. The zero-order chi connectivity index (χ0) is 11.5. The molecule has 0 saturated carbocycles. The van der Waals surface area contributed by atoms with E-state index in [0.29, 0.717) is 11.7 Å². The number of carbonyl (C=O) groups excluding carboxylic acids is 1. The van der Waals surface area contributed by atoms with Gasteiger partial charge >= 0.3 is 0 Å². The van der Waals surface area contributed by atoms with E-state index in [4.69, 9.17) is 0 Å². The van der Waals surface area contributed by atoms with Crippen molar-refractivity contribution in [2.75, 3.05) is 20.1 Å². The van der Waals surface area contributed by atoms with Crippen LogP contribution in [0.15, 0.2) is 5.38 Å². The molecular weight excluding hydrogens is 222 g/mol. The molecule has 1 aliphatic heterocycles. The molecule has 1 aliphatic rings. The third-order valence-electron chi connectivity index (χ3n) is 2.84. The second-order valence-corrected chi connectivity index (χ2v) is 5.29. The highest BCUT2D eigenvalue weighted by atomic mass is 32.1. The molecule has 1 atom stereocenters. The highest BCUT2D eigenvalue weighted by Crippen LogP contribution is 2.12. The lowest BCUT2D eigenvalue weighted by Crippen LogP contribution is -2.38. The predicted octanol–water partition coefficient (Wildman–Crippen LogP) is 1.28. The Morgan fingerprint density at radius 3 is 3.12 bits per heavy atom. The summed E-state index contributed by atoms with van der Waals surface area (Å²) in [7, 11) is 1.84. The van der Waals surface area contributed by atoms with E-state index >= 15 is 0 Å². The fourth-order valence-corrected chi connectivity index (χ4v) is 2.57. The summed E-state index contributed by atoms with van der Waals surface area (Å²) in [5.41, 5.74) is 0.572. The number of aromatic nitrogens is 1. The van der Waals surface area contributed by atoms with Crippen molar-refractivity contribution in [1.82, 2.24) is 15.2 Å². The van der Waals surface area contributed by atoms with Crippen LogP contribution in [0.2, 0.25) is 0 Å². The molecule has 1 fully saturated rings. The van der Waals surface area contributed by atoms with Crippen LogP contribution in [0.1, 0.15) is 28.3 Å². The maximum Gasteiger partial charge on any atom is 0.273 e. The van der Waals surface area contributed by atoms with Crippen molar-refractivity contribution in [3.8, 4) is 0 Å². The van der Waals surface area contributed by atoms with Crippen molar-refractivity contribution in [3.05, 3.63) is 16.1 Å². The number of nitrogens with one attached hydrogen (secondary N) is 1. The van der Waals surface area contributed by atoms with Crippen LogP contribution in [0, 0.1) is 6.92 Å². The minimum Gasteiger partial charge on any atom is -0.339 e. The zero-order valence-electron chi connectivity index (χ0n) is 9.69. The normalized spacial score (nSPS) is 20.0. The Morgan fingerprint density at radius 1 is 1.75 bits per heavy atom. The number of hydrogen-bond acceptors (Lipinski definition) is 4. The first-order chi connectivity index (χ1) is 7.66. The topological polar surface area (TPSA) is 45.2 Å². The summed E-state index contributed by atoms with van der Waals surface area (Å²) in [5, 5.41) is 6.16. The number of nitrogens with zero attached hydrogens (tertiary/aromatic N) is 2. The fourth-order valence-electron chi connectivity index (χ4n) is 1.98. The highest BCUT2D eigenvalue weighted by molar-refractivity contribution is 7.09. The van der Waals surface area contributed by atoms with Crippen LogP contribution in [0.5, 0.6) is 0 Å². The summed E-state index contributed by atoms with van der Waals surface area (Å²) in [6, 6.07) is 0.452. The van der Waals surface area contributed by atoms with Gasteiger partial charge in [0.15, 0.2) is 0 Å². The maximum atomic E-state index is 12.0. The van der Waals surface area contributed by atoms with E-state index < -0.39 is 0 Å². The van der Waals surface area contributed by atoms with Crippen molar-refractivity contribution in [3.63, 3.8) is 0 Å². The molecular formula is C11H17N3OS. The predicted molar refractivity (Wildman–Crippen MR) is 64.8 cm³/mol. The number of amides is 1. The lowest BCUT2D eigenvalue weighted by atomic mass is 10.2. The van der Waals surface area contributed by atoms with Gasteiger partial charge in [-0.3, -0.25) is 4.79 Å². The highest BCUT2D eigenvalue weighted by Gasteiger charge is 2.20. The molecule has 88 valence electrons. The van der Waals surface area contributed by atoms with Gasteiger partial charge in [-0.2, -0.15) is 0 Å². The molecule has 0 spiro atoms. The van der Waals surface area contributed by atoms with Crippen LogP contribution in [-0.4, -0.2) is 42.0 Å². The van der Waals surface area contributed by atoms with Gasteiger partial charge in [0.25, 0.3) is 5.91 Å². The summed E-state index contributed by atoms with van der Waals surface area (Å²) in [5.74, 6) is 0.0260. The first kappa shape index (κ1) is 11.5. The number of carbonyl (C=O) groups is 1. The summed E-state index contributed by atoms with van der Waals surface area (Å²) >= 11 is 1.52. The Kier molecular flexibility index (Phi) is 3.56. The van der Waals surface area contributed by atoms with Crippen LogP contribution < -0.4 is 5.32 Å². The second-order valence-electron chi connectivity index (χ2n) is 4.23. The molecule has 0 aliphatic carbocycles. The summed E-state index contributed by atoms with van der Waals surface area (Å²) in [4.78, 5) is 18.0. The van der Waals surface area contributed by atoms with Crippen LogP contribution >= 0.6 is 11.3 Å². The monoisotopic (exact) mass is 239 g/mol. The van der Waals surface area contributed by atoms with E-state index in [1.165, 1.54) is 17.8 Å². The van der Waals surface area contributed by atoms with Gasteiger partial charge in [-0.05, 0) is 26.3 Å².